The largest absolute Gasteiger partial charge is 0.463 e. The second kappa shape index (κ2) is 10.2. The summed E-state index contributed by atoms with van der Waals surface area (Å²) < 4.78 is 32.6. The van der Waals surface area contributed by atoms with Crippen LogP contribution in [0.2, 0.25) is 0 Å². The lowest BCUT2D eigenvalue weighted by molar-refractivity contribution is -0.148. The molecule has 2 aromatic carbocycles. The van der Waals surface area contributed by atoms with Crippen molar-refractivity contribution in [1.29, 1.82) is 0 Å². The molecule has 1 atom stereocenters. The van der Waals surface area contributed by atoms with Gasteiger partial charge in [-0.15, -0.1) is 0 Å². The van der Waals surface area contributed by atoms with Crippen molar-refractivity contribution in [3.8, 4) is 5.75 Å². The molecule has 0 saturated heterocycles. The Morgan fingerprint density at radius 1 is 1.00 bits per heavy atom. The lowest BCUT2D eigenvalue weighted by Crippen LogP contribution is -2.34. The standard InChI is InChI=1S/C21H27NO5S/c1-16(2)26-21(23)14-19(22-15-18-7-5-4-6-8-18)13-17-9-11-20(12-10-17)27-28(3,24)25/h4-12,16,19,22H,13-15H2,1-3H3. The van der Waals surface area contributed by atoms with Crippen LogP contribution in [0.5, 0.6) is 5.75 Å². The molecular weight excluding hydrogens is 378 g/mol. The number of carbonyl (C=O) groups excluding carboxylic acids is 1. The van der Waals surface area contributed by atoms with Gasteiger partial charge in [-0.25, -0.2) is 0 Å². The number of hydrogen-bond acceptors (Lipinski definition) is 6. The van der Waals surface area contributed by atoms with Gasteiger partial charge in [-0.05, 0) is 43.5 Å². The summed E-state index contributed by atoms with van der Waals surface area (Å²) in [6, 6.07) is 16.6. The van der Waals surface area contributed by atoms with E-state index in [0.29, 0.717) is 13.0 Å². The van der Waals surface area contributed by atoms with Gasteiger partial charge < -0.3 is 14.2 Å². The predicted octanol–water partition coefficient (Wildman–Crippen LogP) is 3.07. The van der Waals surface area contributed by atoms with Crippen LogP contribution < -0.4 is 9.50 Å². The minimum Gasteiger partial charge on any atom is -0.463 e. The zero-order valence-corrected chi connectivity index (χ0v) is 17.2. The Bertz CT molecular complexity index is 848. The van der Waals surface area contributed by atoms with Crippen LogP contribution >= 0.6 is 0 Å². The maximum atomic E-state index is 12.1. The molecule has 1 unspecified atom stereocenters. The van der Waals surface area contributed by atoms with E-state index < -0.39 is 10.1 Å². The molecule has 0 amide bonds. The van der Waals surface area contributed by atoms with Gasteiger partial charge >= 0.3 is 16.1 Å². The van der Waals surface area contributed by atoms with Gasteiger partial charge in [-0.2, -0.15) is 8.42 Å². The minimum absolute atomic E-state index is 0.117. The van der Waals surface area contributed by atoms with Crippen LogP contribution in [0.3, 0.4) is 0 Å². The Morgan fingerprint density at radius 3 is 2.21 bits per heavy atom. The molecule has 0 saturated carbocycles. The van der Waals surface area contributed by atoms with Gasteiger partial charge in [0, 0.05) is 12.6 Å². The minimum atomic E-state index is -3.55. The van der Waals surface area contributed by atoms with Gasteiger partial charge in [-0.1, -0.05) is 42.5 Å². The Hall–Kier alpha value is -2.38. The van der Waals surface area contributed by atoms with E-state index in [4.69, 9.17) is 8.92 Å². The number of benzene rings is 2. The van der Waals surface area contributed by atoms with Crippen LogP contribution in [-0.4, -0.2) is 32.8 Å². The summed E-state index contributed by atoms with van der Waals surface area (Å²) in [4.78, 5) is 12.1. The molecule has 0 aromatic heterocycles. The molecule has 2 rings (SSSR count). The number of rotatable bonds is 10. The maximum Gasteiger partial charge on any atom is 0.307 e. The highest BCUT2D eigenvalue weighted by Gasteiger charge is 2.17. The average molecular weight is 406 g/mol. The fourth-order valence-corrected chi connectivity index (χ4v) is 3.19. The summed E-state index contributed by atoms with van der Waals surface area (Å²) in [5, 5.41) is 3.41. The molecule has 2 aromatic rings. The summed E-state index contributed by atoms with van der Waals surface area (Å²) in [7, 11) is -3.55. The summed E-state index contributed by atoms with van der Waals surface area (Å²) in [5.74, 6) is 0.0110. The SMILES string of the molecule is CC(C)OC(=O)CC(Cc1ccc(OS(C)(=O)=O)cc1)NCc1ccccc1. The van der Waals surface area contributed by atoms with Crippen LogP contribution in [0.15, 0.2) is 54.6 Å². The van der Waals surface area contributed by atoms with E-state index in [-0.39, 0.29) is 30.3 Å². The van der Waals surface area contributed by atoms with E-state index in [9.17, 15) is 13.2 Å². The van der Waals surface area contributed by atoms with Crippen molar-refractivity contribution in [1.82, 2.24) is 5.32 Å². The van der Waals surface area contributed by atoms with Gasteiger partial charge in [0.15, 0.2) is 0 Å². The van der Waals surface area contributed by atoms with E-state index >= 15 is 0 Å². The van der Waals surface area contributed by atoms with E-state index in [1.54, 1.807) is 24.3 Å². The molecule has 152 valence electrons. The lowest BCUT2D eigenvalue weighted by Gasteiger charge is -2.19. The molecule has 0 bridgehead atoms. The maximum absolute atomic E-state index is 12.1. The third kappa shape index (κ3) is 8.54. The van der Waals surface area contributed by atoms with Gasteiger partial charge in [0.1, 0.15) is 5.75 Å². The fraction of sp³-hybridized carbons (Fsp3) is 0.381. The second-order valence-electron chi connectivity index (χ2n) is 6.94. The molecule has 0 spiro atoms. The monoisotopic (exact) mass is 405 g/mol. The number of esters is 1. The molecule has 1 N–H and O–H groups in total. The van der Waals surface area contributed by atoms with Crippen LogP contribution in [0, 0.1) is 0 Å². The van der Waals surface area contributed by atoms with E-state index in [2.05, 4.69) is 5.32 Å². The quantitative estimate of drug-likeness (QED) is 0.483. The zero-order valence-electron chi connectivity index (χ0n) is 16.4. The molecule has 0 heterocycles. The van der Waals surface area contributed by atoms with Crippen molar-refractivity contribution < 1.29 is 22.1 Å². The first kappa shape index (κ1) is 21.9. The van der Waals surface area contributed by atoms with Gasteiger partial charge in [0.2, 0.25) is 0 Å². The highest BCUT2D eigenvalue weighted by Crippen LogP contribution is 2.16. The molecule has 0 aliphatic carbocycles. The number of ether oxygens (including phenoxy) is 1. The highest BCUT2D eigenvalue weighted by molar-refractivity contribution is 7.86. The van der Waals surface area contributed by atoms with Crippen molar-refractivity contribution in [2.24, 2.45) is 0 Å². The van der Waals surface area contributed by atoms with Crippen molar-refractivity contribution in [2.75, 3.05) is 6.26 Å². The topological polar surface area (TPSA) is 81.7 Å². The first-order chi connectivity index (χ1) is 13.2. The molecule has 0 radical (unpaired) electrons. The Balaban J connectivity index is 2.03. The van der Waals surface area contributed by atoms with Crippen LogP contribution in [0.1, 0.15) is 31.4 Å². The van der Waals surface area contributed by atoms with E-state index in [1.165, 1.54) is 0 Å². The second-order valence-corrected chi connectivity index (χ2v) is 8.52. The van der Waals surface area contributed by atoms with Crippen LogP contribution in [-0.2, 0) is 32.6 Å². The molecule has 0 aliphatic heterocycles. The average Bonchev–Trinajstić information content (AvgIpc) is 2.60. The van der Waals surface area contributed by atoms with Crippen molar-refractivity contribution >= 4 is 16.1 Å². The molecule has 0 fully saturated rings. The number of carbonyl (C=O) groups is 1. The highest BCUT2D eigenvalue weighted by atomic mass is 32.2. The molecule has 7 heteroatoms. The van der Waals surface area contributed by atoms with Crippen molar-refractivity contribution in [3.05, 3.63) is 65.7 Å². The van der Waals surface area contributed by atoms with Crippen molar-refractivity contribution in [2.45, 2.75) is 45.4 Å². The first-order valence-corrected chi connectivity index (χ1v) is 11.0. The number of hydrogen-bond donors (Lipinski definition) is 1. The lowest BCUT2D eigenvalue weighted by atomic mass is 10.0. The Morgan fingerprint density at radius 2 is 1.64 bits per heavy atom. The number of nitrogens with one attached hydrogen (secondary N) is 1. The Labute approximate surface area is 167 Å². The molecule has 0 aliphatic rings. The van der Waals surface area contributed by atoms with Crippen LogP contribution in [0.25, 0.3) is 0 Å². The van der Waals surface area contributed by atoms with Crippen LogP contribution in [0.4, 0.5) is 0 Å². The fourth-order valence-electron chi connectivity index (χ4n) is 2.73. The summed E-state index contributed by atoms with van der Waals surface area (Å²) >= 11 is 0. The predicted molar refractivity (Wildman–Crippen MR) is 109 cm³/mol. The van der Waals surface area contributed by atoms with Gasteiger partial charge in [-0.3, -0.25) is 4.79 Å². The smallest absolute Gasteiger partial charge is 0.307 e. The molecular formula is C21H27NO5S. The van der Waals surface area contributed by atoms with E-state index in [1.807, 2.05) is 44.2 Å². The zero-order chi connectivity index (χ0) is 20.6. The molecule has 6 nitrogen and oxygen atoms in total. The normalized spacial score (nSPS) is 12.6. The van der Waals surface area contributed by atoms with E-state index in [0.717, 1.165) is 17.4 Å². The third-order valence-electron chi connectivity index (χ3n) is 3.87. The summed E-state index contributed by atoms with van der Waals surface area (Å²) in [6.45, 7) is 4.28. The summed E-state index contributed by atoms with van der Waals surface area (Å²) in [6.07, 6.45) is 1.69. The van der Waals surface area contributed by atoms with Gasteiger partial charge in [0.25, 0.3) is 0 Å². The Kier molecular flexibility index (Phi) is 8.02. The molecule has 28 heavy (non-hydrogen) atoms. The summed E-state index contributed by atoms with van der Waals surface area (Å²) in [5.41, 5.74) is 2.09. The van der Waals surface area contributed by atoms with Gasteiger partial charge in [0.05, 0.1) is 18.8 Å². The van der Waals surface area contributed by atoms with Crippen molar-refractivity contribution in [3.63, 3.8) is 0 Å². The first-order valence-electron chi connectivity index (χ1n) is 9.16. The third-order valence-corrected chi connectivity index (χ3v) is 4.37.